The molecule has 23 heavy (non-hydrogen) atoms. The third-order valence-corrected chi connectivity index (χ3v) is 3.43. The van der Waals surface area contributed by atoms with Gasteiger partial charge in [0.25, 0.3) is 0 Å². The molecule has 0 saturated heterocycles. The highest BCUT2D eigenvalue weighted by atomic mass is 16.6. The molecule has 9 heteroatoms. The number of amides is 1. The van der Waals surface area contributed by atoms with Crippen molar-refractivity contribution in [2.24, 2.45) is 0 Å². The van der Waals surface area contributed by atoms with Gasteiger partial charge in [-0.15, -0.1) is 0 Å². The summed E-state index contributed by atoms with van der Waals surface area (Å²) in [5.74, 6) is -0.192. The summed E-state index contributed by atoms with van der Waals surface area (Å²) in [6.07, 6.45) is 7.41. The van der Waals surface area contributed by atoms with E-state index in [-0.39, 0.29) is 11.6 Å². The van der Waals surface area contributed by atoms with Crippen molar-refractivity contribution in [3.8, 4) is 0 Å². The zero-order valence-electron chi connectivity index (χ0n) is 13.2. The summed E-state index contributed by atoms with van der Waals surface area (Å²) >= 11 is 0. The third kappa shape index (κ3) is 4.38. The molecule has 2 heterocycles. The molecule has 2 aromatic heterocycles. The molecule has 9 nitrogen and oxygen atoms in total. The van der Waals surface area contributed by atoms with Gasteiger partial charge in [-0.3, -0.25) is 24.3 Å². The molecule has 0 spiro atoms. The number of nitrogens with zero attached hydrogens (tertiary/aromatic N) is 5. The van der Waals surface area contributed by atoms with Crippen molar-refractivity contribution in [1.82, 2.24) is 24.9 Å². The van der Waals surface area contributed by atoms with Gasteiger partial charge in [0.15, 0.2) is 0 Å². The van der Waals surface area contributed by atoms with Gasteiger partial charge in [0.05, 0.1) is 11.1 Å². The summed E-state index contributed by atoms with van der Waals surface area (Å²) in [6, 6.07) is -0.546. The minimum atomic E-state index is -0.546. The number of hydrogen-bond donors (Lipinski definition) is 1. The minimum Gasteiger partial charge on any atom is -0.354 e. The van der Waals surface area contributed by atoms with Crippen LogP contribution in [0.2, 0.25) is 0 Å². The molecule has 0 aliphatic rings. The first-order chi connectivity index (χ1) is 11.0. The molecule has 124 valence electrons. The van der Waals surface area contributed by atoms with Gasteiger partial charge in [0, 0.05) is 19.3 Å². The fourth-order valence-corrected chi connectivity index (χ4v) is 2.25. The fraction of sp³-hybridized carbons (Fsp3) is 0.500. The normalized spacial score (nSPS) is 12.1. The standard InChI is InChI=1S/C14H20N6O3/c1-3-13(19-10-12(8-17-19)20(22)23)14(21)15-5-4-6-18-9-11(2)7-16-18/h7-10,13H,3-6H2,1-2H3,(H,15,21). The molecule has 0 fully saturated rings. The first-order valence-corrected chi connectivity index (χ1v) is 7.46. The van der Waals surface area contributed by atoms with Crippen LogP contribution in [-0.2, 0) is 11.3 Å². The van der Waals surface area contributed by atoms with Crippen molar-refractivity contribution in [2.45, 2.75) is 39.3 Å². The second-order valence-corrected chi connectivity index (χ2v) is 5.29. The molecular formula is C14H20N6O3. The van der Waals surface area contributed by atoms with E-state index >= 15 is 0 Å². The average molecular weight is 320 g/mol. The number of rotatable bonds is 8. The number of nitro groups is 1. The van der Waals surface area contributed by atoms with Gasteiger partial charge < -0.3 is 5.32 Å². The van der Waals surface area contributed by atoms with Crippen LogP contribution in [0, 0.1) is 17.0 Å². The van der Waals surface area contributed by atoms with Crippen molar-refractivity contribution in [2.75, 3.05) is 6.54 Å². The van der Waals surface area contributed by atoms with E-state index in [0.717, 1.165) is 24.7 Å². The molecule has 0 aliphatic carbocycles. The molecule has 1 unspecified atom stereocenters. The average Bonchev–Trinajstić information content (AvgIpc) is 3.14. The van der Waals surface area contributed by atoms with Gasteiger partial charge in [-0.05, 0) is 25.3 Å². The van der Waals surface area contributed by atoms with Gasteiger partial charge >= 0.3 is 5.69 Å². The molecule has 0 aromatic carbocycles. The second-order valence-electron chi connectivity index (χ2n) is 5.29. The zero-order valence-corrected chi connectivity index (χ0v) is 13.2. The van der Waals surface area contributed by atoms with Crippen LogP contribution in [-0.4, -0.2) is 36.9 Å². The molecule has 1 N–H and O–H groups in total. The Hall–Kier alpha value is -2.71. The molecule has 0 bridgehead atoms. The Balaban J connectivity index is 1.83. The van der Waals surface area contributed by atoms with Gasteiger partial charge in [-0.2, -0.15) is 10.2 Å². The predicted molar refractivity (Wildman–Crippen MR) is 82.8 cm³/mol. The maximum atomic E-state index is 12.2. The zero-order chi connectivity index (χ0) is 16.8. The van der Waals surface area contributed by atoms with Crippen LogP contribution in [0.1, 0.15) is 31.4 Å². The van der Waals surface area contributed by atoms with Crippen LogP contribution >= 0.6 is 0 Å². The van der Waals surface area contributed by atoms with Crippen LogP contribution < -0.4 is 5.32 Å². The molecule has 2 aromatic rings. The molecule has 2 rings (SSSR count). The van der Waals surface area contributed by atoms with Crippen LogP contribution in [0.15, 0.2) is 24.8 Å². The highest BCUT2D eigenvalue weighted by Gasteiger charge is 2.21. The van der Waals surface area contributed by atoms with Crippen LogP contribution in [0.5, 0.6) is 0 Å². The summed E-state index contributed by atoms with van der Waals surface area (Å²) in [7, 11) is 0. The van der Waals surface area contributed by atoms with Crippen LogP contribution in [0.4, 0.5) is 5.69 Å². The summed E-state index contributed by atoms with van der Waals surface area (Å²) in [5.41, 5.74) is 0.977. The topological polar surface area (TPSA) is 108 Å². The van der Waals surface area contributed by atoms with E-state index in [2.05, 4.69) is 15.5 Å². The maximum Gasteiger partial charge on any atom is 0.307 e. The van der Waals surface area contributed by atoms with Crippen molar-refractivity contribution >= 4 is 11.6 Å². The van der Waals surface area contributed by atoms with E-state index in [9.17, 15) is 14.9 Å². The maximum absolute atomic E-state index is 12.2. The highest BCUT2D eigenvalue weighted by molar-refractivity contribution is 5.80. The van der Waals surface area contributed by atoms with Crippen molar-refractivity contribution < 1.29 is 9.72 Å². The van der Waals surface area contributed by atoms with E-state index in [1.807, 2.05) is 24.7 Å². The summed E-state index contributed by atoms with van der Waals surface area (Å²) < 4.78 is 3.17. The fourth-order valence-electron chi connectivity index (χ4n) is 2.25. The number of hydrogen-bond acceptors (Lipinski definition) is 5. The Morgan fingerprint density at radius 3 is 2.74 bits per heavy atom. The van der Waals surface area contributed by atoms with Crippen molar-refractivity contribution in [3.05, 3.63) is 40.5 Å². The summed E-state index contributed by atoms with van der Waals surface area (Å²) in [6.45, 7) is 5.04. The predicted octanol–water partition coefficient (Wildman–Crippen LogP) is 1.45. The molecule has 1 atom stereocenters. The SMILES string of the molecule is CCC(C(=O)NCCCn1cc(C)cn1)n1cc([N+](=O)[O-])cn1. The van der Waals surface area contributed by atoms with Gasteiger partial charge in [-0.25, -0.2) is 0 Å². The van der Waals surface area contributed by atoms with E-state index in [1.165, 1.54) is 10.9 Å². The Morgan fingerprint density at radius 2 is 2.17 bits per heavy atom. The number of aromatic nitrogens is 4. The lowest BCUT2D eigenvalue weighted by atomic mass is 10.2. The largest absolute Gasteiger partial charge is 0.354 e. The third-order valence-electron chi connectivity index (χ3n) is 3.43. The first-order valence-electron chi connectivity index (χ1n) is 7.46. The molecule has 0 saturated carbocycles. The Bertz CT molecular complexity index is 678. The smallest absolute Gasteiger partial charge is 0.307 e. The van der Waals surface area contributed by atoms with E-state index in [1.54, 1.807) is 6.20 Å². The Morgan fingerprint density at radius 1 is 1.39 bits per heavy atom. The van der Waals surface area contributed by atoms with Crippen molar-refractivity contribution in [3.63, 3.8) is 0 Å². The second kappa shape index (κ2) is 7.52. The van der Waals surface area contributed by atoms with E-state index in [0.29, 0.717) is 13.0 Å². The number of carbonyl (C=O) groups is 1. The van der Waals surface area contributed by atoms with E-state index in [4.69, 9.17) is 0 Å². The molecule has 1 amide bonds. The highest BCUT2D eigenvalue weighted by Crippen LogP contribution is 2.15. The Kier molecular flexibility index (Phi) is 5.45. The van der Waals surface area contributed by atoms with Crippen LogP contribution in [0.25, 0.3) is 0 Å². The minimum absolute atomic E-state index is 0.120. The van der Waals surface area contributed by atoms with Gasteiger partial charge in [0.1, 0.15) is 18.4 Å². The molecule has 0 radical (unpaired) electrons. The number of nitrogens with one attached hydrogen (secondary N) is 1. The lowest BCUT2D eigenvalue weighted by Gasteiger charge is -2.15. The van der Waals surface area contributed by atoms with E-state index < -0.39 is 11.0 Å². The Labute approximate surface area is 133 Å². The van der Waals surface area contributed by atoms with Crippen molar-refractivity contribution in [1.29, 1.82) is 0 Å². The lowest BCUT2D eigenvalue weighted by molar-refractivity contribution is -0.385. The summed E-state index contributed by atoms with van der Waals surface area (Å²) in [5, 5.41) is 21.6. The van der Waals surface area contributed by atoms with Gasteiger partial charge in [0.2, 0.25) is 5.91 Å². The molecule has 0 aliphatic heterocycles. The number of aryl methyl sites for hydroxylation is 2. The number of carbonyl (C=O) groups excluding carboxylic acids is 1. The summed E-state index contributed by atoms with van der Waals surface area (Å²) in [4.78, 5) is 22.4. The molecular weight excluding hydrogens is 300 g/mol. The van der Waals surface area contributed by atoms with Gasteiger partial charge in [-0.1, -0.05) is 6.92 Å². The quantitative estimate of drug-likeness (QED) is 0.450. The lowest BCUT2D eigenvalue weighted by Crippen LogP contribution is -2.33. The first kappa shape index (κ1) is 16.7. The van der Waals surface area contributed by atoms with Crippen LogP contribution in [0.3, 0.4) is 0 Å². The monoisotopic (exact) mass is 320 g/mol.